The van der Waals surface area contributed by atoms with Crippen molar-refractivity contribution < 1.29 is 49.6 Å². The van der Waals surface area contributed by atoms with Crippen molar-refractivity contribution in [2.24, 2.45) is 0 Å². The second-order valence-corrected chi connectivity index (χ2v) is 6.87. The molecule has 1 saturated heterocycles. The van der Waals surface area contributed by atoms with E-state index >= 15 is 0 Å². The number of aromatic hydroxyl groups is 3. The third kappa shape index (κ3) is 3.09. The molecule has 2 heterocycles. The largest absolute Gasteiger partial charge is 0.507 e. The number of hydrogen-bond donors (Lipinski definition) is 7. The summed E-state index contributed by atoms with van der Waals surface area (Å²) in [6.45, 7) is -0.655. The van der Waals surface area contributed by atoms with Gasteiger partial charge in [-0.05, 0) is 12.1 Å². The highest BCUT2D eigenvalue weighted by atomic mass is 16.7. The predicted molar refractivity (Wildman–Crippen MR) is 99.4 cm³/mol. The number of fused-ring (bicyclic) bond motifs is 2. The van der Waals surface area contributed by atoms with Gasteiger partial charge in [-0.25, -0.2) is 0 Å². The van der Waals surface area contributed by atoms with Crippen LogP contribution in [0.1, 0.15) is 0 Å². The lowest BCUT2D eigenvalue weighted by molar-refractivity contribution is -0.277. The first-order valence-electron chi connectivity index (χ1n) is 8.84. The highest BCUT2D eigenvalue weighted by molar-refractivity contribution is 5.98. The van der Waals surface area contributed by atoms with Gasteiger partial charge in [0.15, 0.2) is 11.3 Å². The Labute approximate surface area is 167 Å². The Balaban J connectivity index is 1.79. The van der Waals surface area contributed by atoms with Crippen molar-refractivity contribution in [3.63, 3.8) is 0 Å². The zero-order valence-electron chi connectivity index (χ0n) is 15.2. The van der Waals surface area contributed by atoms with Crippen molar-refractivity contribution in [2.45, 2.75) is 30.7 Å². The van der Waals surface area contributed by atoms with E-state index in [0.29, 0.717) is 0 Å². The molecule has 160 valence electrons. The molecule has 2 aromatic carbocycles. The summed E-state index contributed by atoms with van der Waals surface area (Å²) in [4.78, 5) is 12.7. The van der Waals surface area contributed by atoms with Crippen LogP contribution in [0.3, 0.4) is 0 Å². The third-order valence-corrected chi connectivity index (χ3v) is 4.94. The topological polar surface area (TPSA) is 190 Å². The zero-order chi connectivity index (χ0) is 21.7. The van der Waals surface area contributed by atoms with Crippen LogP contribution in [0.15, 0.2) is 33.5 Å². The summed E-state index contributed by atoms with van der Waals surface area (Å²) < 4.78 is 16.1. The molecule has 0 radical (unpaired) electrons. The molecule has 0 unspecified atom stereocenters. The minimum absolute atomic E-state index is 0.147. The zero-order valence-corrected chi connectivity index (χ0v) is 15.2. The molecule has 1 aliphatic rings. The van der Waals surface area contributed by atoms with Gasteiger partial charge >= 0.3 is 0 Å². The summed E-state index contributed by atoms with van der Waals surface area (Å²) in [6.07, 6.45) is -7.66. The fourth-order valence-corrected chi connectivity index (χ4v) is 3.37. The van der Waals surface area contributed by atoms with Crippen molar-refractivity contribution in [2.75, 3.05) is 6.61 Å². The number of rotatable bonds is 3. The molecule has 1 aliphatic heterocycles. The van der Waals surface area contributed by atoms with E-state index in [1.807, 2.05) is 0 Å². The fraction of sp³-hybridized carbons (Fsp3) is 0.316. The van der Waals surface area contributed by atoms with Crippen LogP contribution < -0.4 is 10.2 Å². The summed E-state index contributed by atoms with van der Waals surface area (Å²) in [7, 11) is 0. The summed E-state index contributed by atoms with van der Waals surface area (Å²) in [5, 5.41) is 68.6. The lowest BCUT2D eigenvalue weighted by Gasteiger charge is -2.39. The average molecular weight is 422 g/mol. The van der Waals surface area contributed by atoms with Crippen LogP contribution in [0.4, 0.5) is 0 Å². The first-order chi connectivity index (χ1) is 14.2. The molecule has 7 N–H and O–H groups in total. The highest BCUT2D eigenvalue weighted by Gasteiger charge is 2.44. The molecule has 0 spiro atoms. The number of hydrogen-bond acceptors (Lipinski definition) is 11. The SMILES string of the molecule is O=c1c2c(O)cc(O[C@@H]3O[C@H](CO)[C@@H](O)[C@H](O)[C@H]3O)cc2oc2c(O)ccc(O)c12. The van der Waals surface area contributed by atoms with Gasteiger partial charge in [-0.15, -0.1) is 0 Å². The van der Waals surface area contributed by atoms with Crippen LogP contribution in [0.5, 0.6) is 23.0 Å². The van der Waals surface area contributed by atoms with E-state index in [4.69, 9.17) is 13.9 Å². The number of phenolic OH excluding ortho intramolecular Hbond substituents is 3. The summed E-state index contributed by atoms with van der Waals surface area (Å²) in [5.41, 5.74) is -1.30. The minimum atomic E-state index is -1.69. The second-order valence-electron chi connectivity index (χ2n) is 6.87. The van der Waals surface area contributed by atoms with Crippen LogP contribution in [0.25, 0.3) is 21.9 Å². The molecule has 11 heteroatoms. The number of aliphatic hydroxyl groups excluding tert-OH is 4. The molecule has 0 bridgehead atoms. The van der Waals surface area contributed by atoms with Gasteiger partial charge in [-0.3, -0.25) is 4.79 Å². The van der Waals surface area contributed by atoms with Gasteiger partial charge in [0.05, 0.1) is 6.61 Å². The number of benzene rings is 2. The Morgan fingerprint density at radius 2 is 1.60 bits per heavy atom. The maximum absolute atomic E-state index is 12.7. The van der Waals surface area contributed by atoms with Crippen LogP contribution in [0, 0.1) is 0 Å². The summed E-state index contributed by atoms with van der Waals surface area (Å²) in [6, 6.07) is 4.42. The molecule has 11 nitrogen and oxygen atoms in total. The van der Waals surface area contributed by atoms with E-state index in [2.05, 4.69) is 0 Å². The van der Waals surface area contributed by atoms with Crippen molar-refractivity contribution in [3.8, 4) is 23.0 Å². The fourth-order valence-electron chi connectivity index (χ4n) is 3.37. The molecule has 1 fully saturated rings. The van der Waals surface area contributed by atoms with E-state index in [-0.39, 0.29) is 27.7 Å². The Morgan fingerprint density at radius 3 is 2.30 bits per heavy atom. The molecule has 1 aromatic heterocycles. The van der Waals surface area contributed by atoms with E-state index in [9.17, 15) is 40.5 Å². The van der Waals surface area contributed by atoms with Crippen LogP contribution in [-0.4, -0.2) is 73.1 Å². The van der Waals surface area contributed by atoms with Gasteiger partial charge in [0.25, 0.3) is 0 Å². The van der Waals surface area contributed by atoms with Gasteiger partial charge < -0.3 is 49.6 Å². The first-order valence-corrected chi connectivity index (χ1v) is 8.84. The standard InChI is InChI=1S/C19H18O11/c20-5-11-14(24)16(26)17(27)19(30-11)28-6-3-9(23)12-10(4-6)29-18-8(22)2-1-7(21)13(18)15(12)25/h1-4,11,14,16-17,19-24,26-27H,5H2/t11-,14-,16+,17-,19-/m1/s1. The van der Waals surface area contributed by atoms with Crippen molar-refractivity contribution in [1.82, 2.24) is 0 Å². The smallest absolute Gasteiger partial charge is 0.229 e. The molecule has 3 aromatic rings. The highest BCUT2D eigenvalue weighted by Crippen LogP contribution is 2.36. The maximum Gasteiger partial charge on any atom is 0.229 e. The maximum atomic E-state index is 12.7. The van der Waals surface area contributed by atoms with E-state index in [0.717, 1.165) is 18.2 Å². The predicted octanol–water partition coefficient (Wildman–Crippen LogP) is -0.758. The Morgan fingerprint density at radius 1 is 0.900 bits per heavy atom. The van der Waals surface area contributed by atoms with E-state index < -0.39 is 60.0 Å². The van der Waals surface area contributed by atoms with E-state index in [1.54, 1.807) is 0 Å². The van der Waals surface area contributed by atoms with E-state index in [1.165, 1.54) is 6.07 Å². The van der Waals surface area contributed by atoms with Crippen molar-refractivity contribution in [3.05, 3.63) is 34.5 Å². The lowest BCUT2D eigenvalue weighted by atomic mass is 9.99. The third-order valence-electron chi connectivity index (χ3n) is 4.94. The normalized spacial score (nSPS) is 26.9. The molecule has 4 rings (SSSR count). The Hall–Kier alpha value is -3.09. The quantitative estimate of drug-likeness (QED) is 0.207. The van der Waals surface area contributed by atoms with Gasteiger partial charge in [0, 0.05) is 12.1 Å². The Kier molecular flexibility index (Phi) is 4.92. The first kappa shape index (κ1) is 20.2. The average Bonchev–Trinajstić information content (AvgIpc) is 2.70. The van der Waals surface area contributed by atoms with Gasteiger partial charge in [0.1, 0.15) is 58.0 Å². The molecule has 5 atom stereocenters. The minimum Gasteiger partial charge on any atom is -0.507 e. The second kappa shape index (κ2) is 7.31. The molecule has 0 amide bonds. The number of phenols is 3. The van der Waals surface area contributed by atoms with Gasteiger partial charge in [-0.1, -0.05) is 0 Å². The molecule has 30 heavy (non-hydrogen) atoms. The van der Waals surface area contributed by atoms with Gasteiger partial charge in [0.2, 0.25) is 11.7 Å². The summed E-state index contributed by atoms with van der Waals surface area (Å²) in [5.74, 6) is -1.59. The molecule has 0 aliphatic carbocycles. The van der Waals surface area contributed by atoms with Crippen molar-refractivity contribution in [1.29, 1.82) is 0 Å². The number of aliphatic hydroxyl groups is 4. The summed E-state index contributed by atoms with van der Waals surface area (Å²) >= 11 is 0. The monoisotopic (exact) mass is 422 g/mol. The number of ether oxygens (including phenoxy) is 2. The molecule has 0 saturated carbocycles. The Bertz CT molecular complexity index is 1170. The molecular formula is C19H18O11. The van der Waals surface area contributed by atoms with Crippen LogP contribution in [-0.2, 0) is 4.74 Å². The van der Waals surface area contributed by atoms with Crippen LogP contribution in [0.2, 0.25) is 0 Å². The van der Waals surface area contributed by atoms with Crippen LogP contribution >= 0.6 is 0 Å². The van der Waals surface area contributed by atoms with Gasteiger partial charge in [-0.2, -0.15) is 0 Å². The molecular weight excluding hydrogens is 404 g/mol. The lowest BCUT2D eigenvalue weighted by Crippen LogP contribution is -2.60. The van der Waals surface area contributed by atoms with Crippen molar-refractivity contribution >= 4 is 21.9 Å².